The molecular formula is C15H14F5N3O2. The quantitative estimate of drug-likeness (QED) is 0.801. The summed E-state index contributed by atoms with van der Waals surface area (Å²) in [6, 6.07) is 5.95. The van der Waals surface area contributed by atoms with Gasteiger partial charge in [0.05, 0.1) is 6.04 Å². The van der Waals surface area contributed by atoms with Crippen molar-refractivity contribution in [3.63, 3.8) is 0 Å². The van der Waals surface area contributed by atoms with Gasteiger partial charge in [0.1, 0.15) is 12.3 Å². The predicted octanol–water partition coefficient (Wildman–Crippen LogP) is 3.38. The van der Waals surface area contributed by atoms with Crippen LogP contribution in [0.25, 0.3) is 0 Å². The molecule has 0 saturated heterocycles. The zero-order valence-corrected chi connectivity index (χ0v) is 12.9. The Balaban J connectivity index is 1.92. The van der Waals surface area contributed by atoms with Crippen molar-refractivity contribution in [3.05, 3.63) is 47.8 Å². The van der Waals surface area contributed by atoms with E-state index in [0.29, 0.717) is 5.56 Å². The van der Waals surface area contributed by atoms with Gasteiger partial charge in [0, 0.05) is 6.20 Å². The van der Waals surface area contributed by atoms with Gasteiger partial charge in [-0.25, -0.2) is 0 Å². The van der Waals surface area contributed by atoms with Crippen molar-refractivity contribution in [3.8, 4) is 5.75 Å². The molecule has 2 aromatic rings. The van der Waals surface area contributed by atoms with Gasteiger partial charge in [-0.3, -0.25) is 9.48 Å². The number of alkyl halides is 5. The van der Waals surface area contributed by atoms with E-state index in [-0.39, 0.29) is 12.3 Å². The third-order valence-corrected chi connectivity index (χ3v) is 3.22. The molecule has 10 heteroatoms. The Kier molecular flexibility index (Phi) is 5.60. The number of nitrogens with zero attached hydrogens (tertiary/aromatic N) is 2. The van der Waals surface area contributed by atoms with Gasteiger partial charge >= 0.3 is 12.8 Å². The molecule has 0 aliphatic carbocycles. The van der Waals surface area contributed by atoms with E-state index in [4.69, 9.17) is 0 Å². The number of halogens is 5. The van der Waals surface area contributed by atoms with Crippen LogP contribution in [0, 0.1) is 0 Å². The number of amides is 1. The van der Waals surface area contributed by atoms with Crippen LogP contribution in [0.4, 0.5) is 22.0 Å². The van der Waals surface area contributed by atoms with Gasteiger partial charge in [-0.2, -0.15) is 27.1 Å². The Morgan fingerprint density at radius 1 is 1.24 bits per heavy atom. The summed E-state index contributed by atoms with van der Waals surface area (Å²) in [6.45, 7) is -1.67. The Hall–Kier alpha value is -2.65. The van der Waals surface area contributed by atoms with Crippen LogP contribution >= 0.6 is 0 Å². The topological polar surface area (TPSA) is 56.2 Å². The molecular weight excluding hydrogens is 349 g/mol. The minimum Gasteiger partial charge on any atom is -0.435 e. The van der Waals surface area contributed by atoms with E-state index in [1.165, 1.54) is 24.3 Å². The molecule has 1 aromatic heterocycles. The fraction of sp³-hybridized carbons (Fsp3) is 0.333. The van der Waals surface area contributed by atoms with Crippen molar-refractivity contribution >= 4 is 5.91 Å². The fourth-order valence-electron chi connectivity index (χ4n) is 2.06. The highest BCUT2D eigenvalue weighted by molar-refractivity contribution is 5.76. The highest BCUT2D eigenvalue weighted by atomic mass is 19.4. The van der Waals surface area contributed by atoms with Crippen LogP contribution in [0.5, 0.6) is 5.75 Å². The Morgan fingerprint density at radius 3 is 2.40 bits per heavy atom. The third-order valence-electron chi connectivity index (χ3n) is 3.22. The van der Waals surface area contributed by atoms with Gasteiger partial charge in [0.2, 0.25) is 5.91 Å². The van der Waals surface area contributed by atoms with E-state index in [2.05, 4.69) is 15.2 Å². The molecule has 0 radical (unpaired) electrons. The van der Waals surface area contributed by atoms with E-state index in [9.17, 15) is 26.7 Å². The lowest BCUT2D eigenvalue weighted by Gasteiger charge is -2.15. The minimum absolute atomic E-state index is 0.0199. The van der Waals surface area contributed by atoms with E-state index in [0.717, 1.165) is 16.9 Å². The summed E-state index contributed by atoms with van der Waals surface area (Å²) in [5.74, 6) is -0.564. The largest absolute Gasteiger partial charge is 0.435 e. The lowest BCUT2D eigenvalue weighted by molar-refractivity contribution is -0.141. The maximum Gasteiger partial charge on any atom is 0.435 e. The summed E-state index contributed by atoms with van der Waals surface area (Å²) in [6.07, 6.45) is -3.51. The van der Waals surface area contributed by atoms with Crippen molar-refractivity contribution in [2.24, 2.45) is 0 Å². The number of nitrogens with one attached hydrogen (secondary N) is 1. The van der Waals surface area contributed by atoms with Gasteiger partial charge in [-0.05, 0) is 30.7 Å². The molecule has 0 aliphatic heterocycles. The average Bonchev–Trinajstić information content (AvgIpc) is 2.95. The first-order valence-electron chi connectivity index (χ1n) is 7.10. The van der Waals surface area contributed by atoms with Gasteiger partial charge in [0.15, 0.2) is 5.69 Å². The first-order chi connectivity index (χ1) is 11.6. The van der Waals surface area contributed by atoms with Crippen LogP contribution in [0.3, 0.4) is 0 Å². The molecule has 0 fully saturated rings. The van der Waals surface area contributed by atoms with E-state index >= 15 is 0 Å². The zero-order valence-electron chi connectivity index (χ0n) is 12.9. The molecule has 1 heterocycles. The Morgan fingerprint density at radius 2 is 1.88 bits per heavy atom. The van der Waals surface area contributed by atoms with Crippen molar-refractivity contribution in [1.82, 2.24) is 15.1 Å². The molecule has 1 amide bonds. The highest BCUT2D eigenvalue weighted by Gasteiger charge is 2.33. The minimum atomic E-state index is -4.57. The number of hydrogen-bond acceptors (Lipinski definition) is 3. The molecule has 1 atom stereocenters. The summed E-state index contributed by atoms with van der Waals surface area (Å²) >= 11 is 0. The molecule has 1 unspecified atom stereocenters. The number of carbonyl (C=O) groups is 1. The van der Waals surface area contributed by atoms with Gasteiger partial charge in [-0.1, -0.05) is 12.1 Å². The van der Waals surface area contributed by atoms with Crippen LogP contribution in [-0.2, 0) is 17.5 Å². The normalized spacial score (nSPS) is 12.9. The molecule has 1 N–H and O–H groups in total. The smallest absolute Gasteiger partial charge is 0.435 e. The van der Waals surface area contributed by atoms with Crippen molar-refractivity contribution < 1.29 is 31.5 Å². The Labute approximate surface area is 139 Å². The van der Waals surface area contributed by atoms with Crippen LogP contribution in [-0.4, -0.2) is 22.3 Å². The molecule has 0 aliphatic rings. The predicted molar refractivity (Wildman–Crippen MR) is 76.9 cm³/mol. The third kappa shape index (κ3) is 5.44. The second-order valence-corrected chi connectivity index (χ2v) is 5.13. The van der Waals surface area contributed by atoms with Crippen LogP contribution in [0.1, 0.15) is 24.2 Å². The standard InChI is InChI=1S/C15H14F5N3O2/c1-9(10-2-4-11(5-3-10)25-14(16)17)21-13(24)8-23-7-6-12(22-23)15(18,19)20/h2-7,9,14H,8H2,1H3,(H,21,24). The van der Waals surface area contributed by atoms with Crippen LogP contribution < -0.4 is 10.1 Å². The van der Waals surface area contributed by atoms with Gasteiger partial charge in [0.25, 0.3) is 0 Å². The lowest BCUT2D eigenvalue weighted by atomic mass is 10.1. The second kappa shape index (κ2) is 7.49. The summed E-state index contributed by atoms with van der Waals surface area (Å²) in [5.41, 5.74) is -0.464. The fourth-order valence-corrected chi connectivity index (χ4v) is 2.06. The van der Waals surface area contributed by atoms with Gasteiger partial charge < -0.3 is 10.1 Å². The maximum atomic E-state index is 12.4. The summed E-state index contributed by atoms with van der Waals surface area (Å²) in [5, 5.41) is 5.87. The Bertz CT molecular complexity index is 713. The second-order valence-electron chi connectivity index (χ2n) is 5.13. The monoisotopic (exact) mass is 363 g/mol. The first kappa shape index (κ1) is 18.7. The summed E-state index contributed by atoms with van der Waals surface area (Å²) in [7, 11) is 0. The first-order valence-corrected chi connectivity index (χ1v) is 7.10. The van der Waals surface area contributed by atoms with Crippen molar-refractivity contribution in [2.75, 3.05) is 0 Å². The molecule has 25 heavy (non-hydrogen) atoms. The SMILES string of the molecule is CC(NC(=O)Cn1ccc(C(F)(F)F)n1)c1ccc(OC(F)F)cc1. The van der Waals surface area contributed by atoms with E-state index < -0.39 is 30.4 Å². The average molecular weight is 363 g/mol. The summed E-state index contributed by atoms with van der Waals surface area (Å²) < 4.78 is 66.6. The molecule has 2 rings (SSSR count). The number of aromatic nitrogens is 2. The van der Waals surface area contributed by atoms with E-state index in [1.54, 1.807) is 6.92 Å². The highest BCUT2D eigenvalue weighted by Crippen LogP contribution is 2.27. The van der Waals surface area contributed by atoms with Crippen LogP contribution in [0.15, 0.2) is 36.5 Å². The number of carbonyl (C=O) groups excluding carboxylic acids is 1. The van der Waals surface area contributed by atoms with Gasteiger partial charge in [-0.15, -0.1) is 0 Å². The van der Waals surface area contributed by atoms with Crippen molar-refractivity contribution in [2.45, 2.75) is 32.3 Å². The molecule has 0 bridgehead atoms. The van der Waals surface area contributed by atoms with Crippen molar-refractivity contribution in [1.29, 1.82) is 0 Å². The number of hydrogen-bond donors (Lipinski definition) is 1. The molecule has 0 saturated carbocycles. The number of ether oxygens (including phenoxy) is 1. The lowest BCUT2D eigenvalue weighted by Crippen LogP contribution is -2.30. The summed E-state index contributed by atoms with van der Waals surface area (Å²) in [4.78, 5) is 11.9. The zero-order chi connectivity index (χ0) is 18.6. The van der Waals surface area contributed by atoms with Crippen LogP contribution in [0.2, 0.25) is 0 Å². The molecule has 1 aromatic carbocycles. The molecule has 0 spiro atoms. The number of rotatable bonds is 6. The molecule has 136 valence electrons. The number of benzene rings is 1. The van der Waals surface area contributed by atoms with E-state index in [1.807, 2.05) is 0 Å². The maximum absolute atomic E-state index is 12.4. The molecule has 5 nitrogen and oxygen atoms in total.